The van der Waals surface area contributed by atoms with E-state index in [1.54, 1.807) is 18.0 Å². The standard InChI is InChI=1S/C25H27N3O2/c1-17-9-7-14-23(18(17)2)27-24-13-6-5-12-22(24)25(30)26-21-11-8-10-20(15-21)16-28(4)19(3)29/h5-15,27H,16H2,1-4H3,(H,26,30). The molecule has 0 unspecified atom stereocenters. The van der Waals surface area contributed by atoms with Crippen molar-refractivity contribution in [2.45, 2.75) is 27.3 Å². The SMILES string of the molecule is CC(=O)N(C)Cc1cccc(NC(=O)c2ccccc2Nc2cccc(C)c2C)c1. The number of benzene rings is 3. The van der Waals surface area contributed by atoms with Crippen LogP contribution in [0.3, 0.4) is 0 Å². The maximum absolute atomic E-state index is 13.0. The van der Waals surface area contributed by atoms with Gasteiger partial charge in [-0.3, -0.25) is 9.59 Å². The maximum Gasteiger partial charge on any atom is 0.257 e. The number of hydrogen-bond acceptors (Lipinski definition) is 3. The lowest BCUT2D eigenvalue weighted by atomic mass is 10.1. The van der Waals surface area contributed by atoms with Crippen LogP contribution in [0.5, 0.6) is 0 Å². The molecule has 2 amide bonds. The van der Waals surface area contributed by atoms with Crippen molar-refractivity contribution in [3.63, 3.8) is 0 Å². The van der Waals surface area contributed by atoms with Gasteiger partial charge in [-0.2, -0.15) is 0 Å². The fourth-order valence-electron chi connectivity index (χ4n) is 3.15. The van der Waals surface area contributed by atoms with Crippen LogP contribution >= 0.6 is 0 Å². The van der Waals surface area contributed by atoms with Crippen LogP contribution in [-0.4, -0.2) is 23.8 Å². The third-order valence-electron chi connectivity index (χ3n) is 5.19. The molecule has 0 atom stereocenters. The Bertz CT molecular complexity index is 1080. The van der Waals surface area contributed by atoms with Crippen molar-refractivity contribution in [1.82, 2.24) is 4.90 Å². The lowest BCUT2D eigenvalue weighted by molar-refractivity contribution is -0.128. The van der Waals surface area contributed by atoms with Gasteiger partial charge in [0.2, 0.25) is 5.91 Å². The molecule has 0 saturated carbocycles. The molecular weight excluding hydrogens is 374 g/mol. The van der Waals surface area contributed by atoms with Crippen molar-refractivity contribution >= 4 is 28.9 Å². The first-order valence-electron chi connectivity index (χ1n) is 9.89. The number of aryl methyl sites for hydroxylation is 1. The summed E-state index contributed by atoms with van der Waals surface area (Å²) in [5, 5.41) is 6.36. The number of nitrogens with one attached hydrogen (secondary N) is 2. The number of hydrogen-bond donors (Lipinski definition) is 2. The molecular formula is C25H27N3O2. The zero-order chi connectivity index (χ0) is 21.7. The molecule has 0 spiro atoms. The van der Waals surface area contributed by atoms with E-state index in [0.29, 0.717) is 17.8 Å². The largest absolute Gasteiger partial charge is 0.355 e. The van der Waals surface area contributed by atoms with Gasteiger partial charge in [0.1, 0.15) is 0 Å². The van der Waals surface area contributed by atoms with Crippen LogP contribution in [0.25, 0.3) is 0 Å². The van der Waals surface area contributed by atoms with Gasteiger partial charge in [-0.15, -0.1) is 0 Å². The second-order valence-electron chi connectivity index (χ2n) is 7.45. The summed E-state index contributed by atoms with van der Waals surface area (Å²) >= 11 is 0. The van der Waals surface area contributed by atoms with Crippen LogP contribution in [0.15, 0.2) is 66.7 Å². The molecule has 2 N–H and O–H groups in total. The first-order chi connectivity index (χ1) is 14.3. The summed E-state index contributed by atoms with van der Waals surface area (Å²) in [5.74, 6) is -0.198. The van der Waals surface area contributed by atoms with Gasteiger partial charge in [0, 0.05) is 31.9 Å². The maximum atomic E-state index is 13.0. The summed E-state index contributed by atoms with van der Waals surface area (Å²) in [5.41, 5.74) is 6.26. The Morgan fingerprint density at radius 1 is 0.900 bits per heavy atom. The molecule has 0 aliphatic carbocycles. The van der Waals surface area contributed by atoms with Gasteiger partial charge < -0.3 is 15.5 Å². The van der Waals surface area contributed by atoms with E-state index in [-0.39, 0.29) is 11.8 Å². The van der Waals surface area contributed by atoms with Crippen molar-refractivity contribution in [2.75, 3.05) is 17.7 Å². The lowest BCUT2D eigenvalue weighted by Gasteiger charge is -2.16. The predicted molar refractivity (Wildman–Crippen MR) is 122 cm³/mol. The topological polar surface area (TPSA) is 61.4 Å². The van der Waals surface area contributed by atoms with Crippen LogP contribution < -0.4 is 10.6 Å². The Balaban J connectivity index is 1.80. The summed E-state index contributed by atoms with van der Waals surface area (Å²) in [4.78, 5) is 26.1. The quantitative estimate of drug-likeness (QED) is 0.591. The zero-order valence-corrected chi connectivity index (χ0v) is 17.8. The molecule has 5 heteroatoms. The van der Waals surface area contributed by atoms with Gasteiger partial charge in [0.25, 0.3) is 5.91 Å². The van der Waals surface area contributed by atoms with E-state index in [9.17, 15) is 9.59 Å². The monoisotopic (exact) mass is 401 g/mol. The Morgan fingerprint density at radius 2 is 1.60 bits per heavy atom. The van der Waals surface area contributed by atoms with Gasteiger partial charge in [-0.1, -0.05) is 36.4 Å². The highest BCUT2D eigenvalue weighted by Gasteiger charge is 2.13. The number of rotatable bonds is 6. The minimum Gasteiger partial charge on any atom is -0.355 e. The number of carbonyl (C=O) groups is 2. The smallest absolute Gasteiger partial charge is 0.257 e. The van der Waals surface area contributed by atoms with E-state index >= 15 is 0 Å². The molecule has 0 saturated heterocycles. The van der Waals surface area contributed by atoms with Crippen molar-refractivity contribution < 1.29 is 9.59 Å². The molecule has 0 aliphatic rings. The van der Waals surface area contributed by atoms with Crippen LogP contribution in [0.1, 0.15) is 34.0 Å². The lowest BCUT2D eigenvalue weighted by Crippen LogP contribution is -2.23. The highest BCUT2D eigenvalue weighted by molar-refractivity contribution is 6.08. The number of para-hydroxylation sites is 1. The van der Waals surface area contributed by atoms with Crippen molar-refractivity contribution in [3.8, 4) is 0 Å². The van der Waals surface area contributed by atoms with E-state index in [4.69, 9.17) is 0 Å². The minimum absolute atomic E-state index is 0.00381. The number of carbonyl (C=O) groups excluding carboxylic acids is 2. The van der Waals surface area contributed by atoms with Crippen molar-refractivity contribution in [1.29, 1.82) is 0 Å². The van der Waals surface area contributed by atoms with E-state index < -0.39 is 0 Å². The molecule has 0 radical (unpaired) electrons. The fourth-order valence-corrected chi connectivity index (χ4v) is 3.15. The molecule has 30 heavy (non-hydrogen) atoms. The third-order valence-corrected chi connectivity index (χ3v) is 5.19. The second kappa shape index (κ2) is 9.27. The minimum atomic E-state index is -0.194. The average Bonchev–Trinajstić information content (AvgIpc) is 2.72. The number of anilines is 3. The molecule has 3 aromatic carbocycles. The highest BCUT2D eigenvalue weighted by Crippen LogP contribution is 2.26. The van der Waals surface area contributed by atoms with E-state index in [1.807, 2.05) is 54.6 Å². The summed E-state index contributed by atoms with van der Waals surface area (Å²) in [6, 6.07) is 21.1. The third kappa shape index (κ3) is 5.06. The summed E-state index contributed by atoms with van der Waals surface area (Å²) in [6.07, 6.45) is 0. The number of nitrogens with zero attached hydrogens (tertiary/aromatic N) is 1. The number of amides is 2. The van der Waals surface area contributed by atoms with Gasteiger partial charge in [-0.25, -0.2) is 0 Å². The van der Waals surface area contributed by atoms with E-state index in [0.717, 1.165) is 22.5 Å². The molecule has 0 heterocycles. The summed E-state index contributed by atoms with van der Waals surface area (Å²) in [6.45, 7) is 6.15. The van der Waals surface area contributed by atoms with Crippen LogP contribution in [0.4, 0.5) is 17.1 Å². The van der Waals surface area contributed by atoms with Crippen LogP contribution in [0.2, 0.25) is 0 Å². The molecule has 0 aliphatic heterocycles. The van der Waals surface area contributed by atoms with Crippen molar-refractivity contribution in [3.05, 3.63) is 89.0 Å². The van der Waals surface area contributed by atoms with Gasteiger partial charge in [0.05, 0.1) is 11.3 Å². The molecule has 0 aromatic heterocycles. The van der Waals surface area contributed by atoms with Crippen LogP contribution in [0, 0.1) is 13.8 Å². The van der Waals surface area contributed by atoms with Gasteiger partial charge >= 0.3 is 0 Å². The van der Waals surface area contributed by atoms with Gasteiger partial charge in [-0.05, 0) is 60.9 Å². The molecule has 154 valence electrons. The summed E-state index contributed by atoms with van der Waals surface area (Å²) < 4.78 is 0. The van der Waals surface area contributed by atoms with E-state index in [1.165, 1.54) is 12.5 Å². The molecule has 0 bridgehead atoms. The Labute approximate surface area is 177 Å². The average molecular weight is 402 g/mol. The predicted octanol–water partition coefficient (Wildman–Crippen LogP) is 5.28. The first-order valence-corrected chi connectivity index (χ1v) is 9.89. The molecule has 3 rings (SSSR count). The molecule has 5 nitrogen and oxygen atoms in total. The molecule has 0 fully saturated rings. The van der Waals surface area contributed by atoms with Crippen LogP contribution in [-0.2, 0) is 11.3 Å². The highest BCUT2D eigenvalue weighted by atomic mass is 16.2. The molecule has 3 aromatic rings. The normalized spacial score (nSPS) is 10.4. The van der Waals surface area contributed by atoms with Crippen molar-refractivity contribution in [2.24, 2.45) is 0 Å². The fraction of sp³-hybridized carbons (Fsp3) is 0.200. The Kier molecular flexibility index (Phi) is 6.52. The second-order valence-corrected chi connectivity index (χ2v) is 7.45. The van der Waals surface area contributed by atoms with Gasteiger partial charge in [0.15, 0.2) is 0 Å². The Morgan fingerprint density at radius 3 is 2.37 bits per heavy atom. The Hall–Kier alpha value is -3.60. The van der Waals surface area contributed by atoms with E-state index in [2.05, 4.69) is 30.5 Å². The summed E-state index contributed by atoms with van der Waals surface area (Å²) in [7, 11) is 1.75. The zero-order valence-electron chi connectivity index (χ0n) is 17.8. The first kappa shape index (κ1) is 21.1.